The van der Waals surface area contributed by atoms with E-state index in [0.717, 1.165) is 0 Å². The van der Waals surface area contributed by atoms with Crippen LogP contribution in [0.15, 0.2) is 18.2 Å². The molecule has 5 heteroatoms. The summed E-state index contributed by atoms with van der Waals surface area (Å²) in [4.78, 5) is 13.0. The Morgan fingerprint density at radius 2 is 2.33 bits per heavy atom. The average Bonchev–Trinajstić information content (AvgIpc) is 2.46. The predicted octanol–water partition coefficient (Wildman–Crippen LogP) is 1.21. The summed E-state index contributed by atoms with van der Waals surface area (Å²) in [5.41, 5.74) is 6.97. The van der Waals surface area contributed by atoms with Crippen LogP contribution in [0.1, 0.15) is 11.6 Å². The fraction of sp³-hybridized carbons (Fsp3) is 0.200. The van der Waals surface area contributed by atoms with Gasteiger partial charge in [0, 0.05) is 5.56 Å². The van der Waals surface area contributed by atoms with Crippen LogP contribution in [0.4, 0.5) is 5.69 Å². The molecule has 1 aliphatic rings. The van der Waals surface area contributed by atoms with Crippen molar-refractivity contribution in [3.8, 4) is 6.07 Å². The van der Waals surface area contributed by atoms with Gasteiger partial charge in [0.25, 0.3) is 0 Å². The Morgan fingerprint density at radius 3 is 3.00 bits per heavy atom. The highest BCUT2D eigenvalue weighted by Crippen LogP contribution is 2.39. The number of fused-ring (bicyclic) bond motifs is 1. The van der Waals surface area contributed by atoms with E-state index in [9.17, 15) is 4.79 Å². The summed E-state index contributed by atoms with van der Waals surface area (Å²) in [5.74, 6) is -0.278. The quantitative estimate of drug-likeness (QED) is 0.725. The second kappa shape index (κ2) is 3.54. The number of benzene rings is 1. The first kappa shape index (κ1) is 9.97. The van der Waals surface area contributed by atoms with Crippen molar-refractivity contribution < 1.29 is 4.79 Å². The van der Waals surface area contributed by atoms with E-state index in [4.69, 9.17) is 22.6 Å². The molecule has 76 valence electrons. The van der Waals surface area contributed by atoms with Crippen molar-refractivity contribution in [1.82, 2.24) is 0 Å². The van der Waals surface area contributed by atoms with Gasteiger partial charge in [-0.1, -0.05) is 23.7 Å². The second-order valence-electron chi connectivity index (χ2n) is 3.24. The molecule has 2 rings (SSSR count). The van der Waals surface area contributed by atoms with Crippen LogP contribution in [0.25, 0.3) is 0 Å². The Labute approximate surface area is 91.8 Å². The standard InChI is InChI=1S/C10H8ClN3O/c11-7-3-1-2-6-8(13)10(15)14(5-4-12)9(6)7/h1-3,8H,5,13H2. The molecule has 1 atom stereocenters. The molecule has 0 aromatic heterocycles. The van der Waals surface area contributed by atoms with Crippen LogP contribution in [0.5, 0.6) is 0 Å². The molecule has 4 nitrogen and oxygen atoms in total. The van der Waals surface area contributed by atoms with Gasteiger partial charge in [-0.05, 0) is 6.07 Å². The zero-order chi connectivity index (χ0) is 11.0. The summed E-state index contributed by atoms with van der Waals surface area (Å²) in [6.07, 6.45) is 0. The Kier molecular flexibility index (Phi) is 2.35. The smallest absolute Gasteiger partial charge is 0.249 e. The topological polar surface area (TPSA) is 70.1 Å². The lowest BCUT2D eigenvalue weighted by atomic mass is 10.1. The summed E-state index contributed by atoms with van der Waals surface area (Å²) in [6.45, 7) is -0.0245. The van der Waals surface area contributed by atoms with Crippen molar-refractivity contribution in [2.45, 2.75) is 6.04 Å². The minimum Gasteiger partial charge on any atom is -0.316 e. The monoisotopic (exact) mass is 221 g/mol. The minimum absolute atomic E-state index is 0.0245. The molecule has 0 aliphatic carbocycles. The summed E-state index contributed by atoms with van der Waals surface area (Å²) in [7, 11) is 0. The third-order valence-electron chi connectivity index (χ3n) is 2.38. The van der Waals surface area contributed by atoms with E-state index in [1.54, 1.807) is 18.2 Å². The number of hydrogen-bond acceptors (Lipinski definition) is 3. The van der Waals surface area contributed by atoms with E-state index >= 15 is 0 Å². The van der Waals surface area contributed by atoms with Crippen LogP contribution in [-0.4, -0.2) is 12.5 Å². The highest BCUT2D eigenvalue weighted by molar-refractivity contribution is 6.34. The van der Waals surface area contributed by atoms with Gasteiger partial charge in [0.2, 0.25) is 5.91 Å². The van der Waals surface area contributed by atoms with E-state index in [-0.39, 0.29) is 12.5 Å². The third kappa shape index (κ3) is 1.37. The number of hydrogen-bond donors (Lipinski definition) is 1. The van der Waals surface area contributed by atoms with Crippen molar-refractivity contribution in [3.63, 3.8) is 0 Å². The number of nitrogens with two attached hydrogens (primary N) is 1. The molecule has 1 aromatic rings. The molecule has 0 saturated heterocycles. The zero-order valence-electron chi connectivity index (χ0n) is 7.77. The molecular weight excluding hydrogens is 214 g/mol. The van der Waals surface area contributed by atoms with Gasteiger partial charge in [-0.2, -0.15) is 5.26 Å². The molecule has 0 radical (unpaired) electrons. The van der Waals surface area contributed by atoms with E-state index in [1.807, 2.05) is 6.07 Å². The molecule has 1 heterocycles. The van der Waals surface area contributed by atoms with Gasteiger partial charge in [-0.3, -0.25) is 9.69 Å². The molecule has 1 unspecified atom stereocenters. The Morgan fingerprint density at radius 1 is 1.60 bits per heavy atom. The first-order valence-corrected chi connectivity index (χ1v) is 4.77. The number of amides is 1. The summed E-state index contributed by atoms with van der Waals surface area (Å²) in [5, 5.41) is 9.07. The summed E-state index contributed by atoms with van der Waals surface area (Å²) < 4.78 is 0. The Hall–Kier alpha value is -1.57. The number of halogens is 1. The maximum absolute atomic E-state index is 11.7. The Balaban J connectivity index is 2.57. The van der Waals surface area contributed by atoms with Crippen LogP contribution in [0.2, 0.25) is 5.02 Å². The largest absolute Gasteiger partial charge is 0.316 e. The lowest BCUT2D eigenvalue weighted by Crippen LogP contribution is -2.32. The van der Waals surface area contributed by atoms with E-state index in [1.165, 1.54) is 4.90 Å². The fourth-order valence-electron chi connectivity index (χ4n) is 1.71. The number of carbonyl (C=O) groups excluding carboxylic acids is 1. The number of para-hydroxylation sites is 1. The van der Waals surface area contributed by atoms with Gasteiger partial charge >= 0.3 is 0 Å². The fourth-order valence-corrected chi connectivity index (χ4v) is 1.99. The molecule has 1 amide bonds. The summed E-state index contributed by atoms with van der Waals surface area (Å²) >= 11 is 5.97. The van der Waals surface area contributed by atoms with Gasteiger partial charge in [0.15, 0.2) is 0 Å². The maximum Gasteiger partial charge on any atom is 0.249 e. The van der Waals surface area contributed by atoms with Crippen molar-refractivity contribution in [2.24, 2.45) is 5.73 Å². The maximum atomic E-state index is 11.7. The van der Waals surface area contributed by atoms with Crippen molar-refractivity contribution in [2.75, 3.05) is 11.4 Å². The predicted molar refractivity (Wildman–Crippen MR) is 56.3 cm³/mol. The van der Waals surface area contributed by atoms with Crippen LogP contribution >= 0.6 is 11.6 Å². The van der Waals surface area contributed by atoms with Gasteiger partial charge < -0.3 is 5.73 Å². The first-order chi connectivity index (χ1) is 7.16. The SMILES string of the molecule is N#CCN1C(=O)C(N)c2cccc(Cl)c21. The van der Waals surface area contributed by atoms with E-state index in [2.05, 4.69) is 0 Å². The highest BCUT2D eigenvalue weighted by atomic mass is 35.5. The van der Waals surface area contributed by atoms with E-state index < -0.39 is 6.04 Å². The van der Waals surface area contributed by atoms with Crippen LogP contribution in [0, 0.1) is 11.3 Å². The molecule has 0 spiro atoms. The molecule has 0 saturated carbocycles. The molecule has 15 heavy (non-hydrogen) atoms. The zero-order valence-corrected chi connectivity index (χ0v) is 8.53. The lowest BCUT2D eigenvalue weighted by Gasteiger charge is -2.13. The van der Waals surface area contributed by atoms with Gasteiger partial charge in [0.1, 0.15) is 12.6 Å². The number of anilines is 1. The van der Waals surface area contributed by atoms with Crippen molar-refractivity contribution in [3.05, 3.63) is 28.8 Å². The normalized spacial score (nSPS) is 18.9. The molecule has 1 aromatic carbocycles. The average molecular weight is 222 g/mol. The highest BCUT2D eigenvalue weighted by Gasteiger charge is 2.35. The van der Waals surface area contributed by atoms with Gasteiger partial charge in [0.05, 0.1) is 16.8 Å². The van der Waals surface area contributed by atoms with Crippen LogP contribution < -0.4 is 10.6 Å². The number of carbonyl (C=O) groups is 1. The molecule has 2 N–H and O–H groups in total. The molecule has 0 bridgehead atoms. The first-order valence-electron chi connectivity index (χ1n) is 4.39. The van der Waals surface area contributed by atoms with Gasteiger partial charge in [-0.25, -0.2) is 0 Å². The van der Waals surface area contributed by atoms with E-state index in [0.29, 0.717) is 16.3 Å². The number of nitriles is 1. The lowest BCUT2D eigenvalue weighted by molar-refractivity contribution is -0.119. The second-order valence-corrected chi connectivity index (χ2v) is 3.65. The Bertz CT molecular complexity index is 466. The third-order valence-corrected chi connectivity index (χ3v) is 2.69. The van der Waals surface area contributed by atoms with Crippen molar-refractivity contribution in [1.29, 1.82) is 5.26 Å². The summed E-state index contributed by atoms with van der Waals surface area (Å²) in [6, 6.07) is 6.39. The molecule has 1 aliphatic heterocycles. The number of rotatable bonds is 1. The van der Waals surface area contributed by atoms with Crippen molar-refractivity contribution >= 4 is 23.2 Å². The van der Waals surface area contributed by atoms with Crippen LogP contribution in [0.3, 0.4) is 0 Å². The van der Waals surface area contributed by atoms with Gasteiger partial charge in [-0.15, -0.1) is 0 Å². The number of nitrogens with zero attached hydrogens (tertiary/aromatic N) is 2. The van der Waals surface area contributed by atoms with Crippen LogP contribution in [-0.2, 0) is 4.79 Å². The minimum atomic E-state index is -0.702. The molecular formula is C10H8ClN3O. The molecule has 0 fully saturated rings.